The number of fused-ring (bicyclic) bond motifs is 1. The average molecular weight is 614 g/mol. The van der Waals surface area contributed by atoms with Crippen molar-refractivity contribution in [1.29, 1.82) is 0 Å². The number of hydrogen-bond donors (Lipinski definition) is 0. The Morgan fingerprint density at radius 3 is 2.42 bits per heavy atom. The Morgan fingerprint density at radius 1 is 1.02 bits per heavy atom. The number of methoxy groups -OCH3 is 1. The molecule has 43 heavy (non-hydrogen) atoms. The summed E-state index contributed by atoms with van der Waals surface area (Å²) in [6, 6.07) is 13.0. The van der Waals surface area contributed by atoms with Crippen LogP contribution in [-0.2, 0) is 19.1 Å². The highest BCUT2D eigenvalue weighted by Gasteiger charge is 2.34. The van der Waals surface area contributed by atoms with Crippen molar-refractivity contribution in [2.24, 2.45) is 11.3 Å². The Hall–Kier alpha value is -3.30. The van der Waals surface area contributed by atoms with Crippen molar-refractivity contribution in [3.05, 3.63) is 58.6 Å². The van der Waals surface area contributed by atoms with Gasteiger partial charge < -0.3 is 28.9 Å². The summed E-state index contributed by atoms with van der Waals surface area (Å²) in [5.74, 6) is 0.0661. The fourth-order valence-corrected chi connectivity index (χ4v) is 5.89. The molecular weight excluding hydrogens is 570 g/mol. The predicted octanol–water partition coefficient (Wildman–Crippen LogP) is 5.93. The number of hydrogen-bond acceptors (Lipinski definition) is 6. The summed E-state index contributed by atoms with van der Waals surface area (Å²) in [6.07, 6.45) is 1.06. The van der Waals surface area contributed by atoms with Gasteiger partial charge in [0, 0.05) is 54.6 Å². The van der Waals surface area contributed by atoms with Crippen LogP contribution in [0.25, 0.3) is 0 Å². The quantitative estimate of drug-likeness (QED) is 0.388. The topological polar surface area (TPSA) is 88.6 Å². The van der Waals surface area contributed by atoms with E-state index >= 15 is 0 Å². The van der Waals surface area contributed by atoms with Gasteiger partial charge in [-0.2, -0.15) is 0 Å². The molecule has 0 bridgehead atoms. The summed E-state index contributed by atoms with van der Waals surface area (Å²) in [4.78, 5) is 45.3. The predicted molar refractivity (Wildman–Crippen MR) is 167 cm³/mol. The lowest BCUT2D eigenvalue weighted by atomic mass is 9.93. The maximum absolute atomic E-state index is 14.2. The zero-order chi connectivity index (χ0) is 31.1. The molecule has 9 nitrogen and oxygen atoms in total. The van der Waals surface area contributed by atoms with Crippen molar-refractivity contribution in [1.82, 2.24) is 9.80 Å². The summed E-state index contributed by atoms with van der Waals surface area (Å²) < 4.78 is 17.4. The van der Waals surface area contributed by atoms with Gasteiger partial charge in [-0.3, -0.25) is 9.59 Å². The highest BCUT2D eigenvalue weighted by atomic mass is 35.5. The zero-order valence-electron chi connectivity index (χ0n) is 25.9. The molecule has 2 aliphatic rings. The Morgan fingerprint density at radius 2 is 1.74 bits per heavy atom. The summed E-state index contributed by atoms with van der Waals surface area (Å²) in [5, 5.41) is 0.531. The molecule has 0 N–H and O–H groups in total. The molecule has 0 saturated carbocycles. The van der Waals surface area contributed by atoms with Crippen LogP contribution in [-0.4, -0.2) is 80.8 Å². The van der Waals surface area contributed by atoms with Crippen molar-refractivity contribution in [2.75, 3.05) is 57.9 Å². The molecular formula is C33H44ClN3O6. The minimum atomic E-state index is -0.552. The molecule has 1 saturated heterocycles. The molecule has 0 radical (unpaired) electrons. The zero-order valence-corrected chi connectivity index (χ0v) is 26.7. The first-order valence-electron chi connectivity index (χ1n) is 15.1. The smallest absolute Gasteiger partial charge is 0.320 e. The number of urea groups is 1. The van der Waals surface area contributed by atoms with Gasteiger partial charge in [0.15, 0.2) is 0 Å². The average Bonchev–Trinajstić information content (AvgIpc) is 3.00. The number of likely N-dealkylation sites (tertiary alicyclic amines) is 1. The monoisotopic (exact) mass is 613 g/mol. The van der Waals surface area contributed by atoms with Gasteiger partial charge in [0.05, 0.1) is 19.6 Å². The van der Waals surface area contributed by atoms with Crippen LogP contribution in [0, 0.1) is 11.3 Å². The van der Waals surface area contributed by atoms with E-state index in [1.807, 2.05) is 36.4 Å². The van der Waals surface area contributed by atoms with E-state index in [0.717, 1.165) is 11.1 Å². The van der Waals surface area contributed by atoms with E-state index in [-0.39, 0.29) is 35.8 Å². The molecule has 2 heterocycles. The molecule has 2 aliphatic heterocycles. The van der Waals surface area contributed by atoms with E-state index in [0.29, 0.717) is 75.1 Å². The van der Waals surface area contributed by atoms with Gasteiger partial charge in [-0.1, -0.05) is 50.6 Å². The molecule has 1 atom stereocenters. The Bertz CT molecular complexity index is 1290. The SMILES string of the molecule is CCOC(=O)C1CCN(C(=O)N2CCCOC(c3ccccc3OC)c3cc(Cl)ccc3N(CC(C)(C)C)C(=O)C2)CC1. The minimum absolute atomic E-state index is 0.0753. The molecule has 0 aromatic heterocycles. The minimum Gasteiger partial charge on any atom is -0.496 e. The molecule has 4 rings (SSSR count). The molecule has 2 aromatic carbocycles. The maximum Gasteiger partial charge on any atom is 0.320 e. The second kappa shape index (κ2) is 14.4. The molecule has 10 heteroatoms. The van der Waals surface area contributed by atoms with Crippen molar-refractivity contribution in [2.45, 2.75) is 53.1 Å². The fourth-order valence-electron chi connectivity index (χ4n) is 5.71. The number of para-hydroxylation sites is 1. The van der Waals surface area contributed by atoms with Crippen LogP contribution in [0.1, 0.15) is 64.2 Å². The third kappa shape index (κ3) is 8.21. The standard InChI is InChI=1S/C33H44ClN3O6/c1-6-42-31(39)23-14-17-35(18-15-23)32(40)36-16-9-19-43-30(25-10-7-8-11-28(25)41-5)26-20-24(34)12-13-27(26)37(29(38)21-36)22-33(2,3)4/h7-8,10-13,20,23,30H,6,9,14-19,21-22H2,1-5H3. The molecule has 3 amide bonds. The first-order chi connectivity index (χ1) is 20.5. The van der Waals surface area contributed by atoms with E-state index in [1.165, 1.54) is 0 Å². The first kappa shape index (κ1) is 32.6. The second-order valence-electron chi connectivity index (χ2n) is 12.3. The lowest BCUT2D eigenvalue weighted by Crippen LogP contribution is -2.52. The van der Waals surface area contributed by atoms with Gasteiger partial charge in [-0.25, -0.2) is 4.79 Å². The highest BCUT2D eigenvalue weighted by molar-refractivity contribution is 6.30. The van der Waals surface area contributed by atoms with Gasteiger partial charge in [0.25, 0.3) is 0 Å². The number of rotatable bonds is 5. The van der Waals surface area contributed by atoms with Crippen LogP contribution in [0.4, 0.5) is 10.5 Å². The number of esters is 1. The van der Waals surface area contributed by atoms with Crippen LogP contribution >= 0.6 is 11.6 Å². The summed E-state index contributed by atoms with van der Waals surface area (Å²) in [7, 11) is 1.62. The largest absolute Gasteiger partial charge is 0.496 e. The maximum atomic E-state index is 14.2. The highest BCUT2D eigenvalue weighted by Crippen LogP contribution is 2.40. The van der Waals surface area contributed by atoms with Crippen molar-refractivity contribution in [3.63, 3.8) is 0 Å². The Balaban J connectivity index is 1.68. The summed E-state index contributed by atoms with van der Waals surface area (Å²) in [6.45, 7) is 10.3. The van der Waals surface area contributed by atoms with Crippen LogP contribution in [0.2, 0.25) is 5.02 Å². The number of anilines is 1. The van der Waals surface area contributed by atoms with Gasteiger partial charge >= 0.3 is 12.0 Å². The number of piperidine rings is 1. The second-order valence-corrected chi connectivity index (χ2v) is 12.7. The lowest BCUT2D eigenvalue weighted by molar-refractivity contribution is -0.149. The van der Waals surface area contributed by atoms with E-state index in [9.17, 15) is 14.4 Å². The van der Waals surface area contributed by atoms with Crippen LogP contribution in [0.15, 0.2) is 42.5 Å². The van der Waals surface area contributed by atoms with Crippen LogP contribution in [0.3, 0.4) is 0 Å². The van der Waals surface area contributed by atoms with Crippen LogP contribution < -0.4 is 9.64 Å². The van der Waals surface area contributed by atoms with E-state index in [4.69, 9.17) is 25.8 Å². The van der Waals surface area contributed by atoms with Gasteiger partial charge in [-0.05, 0) is 55.9 Å². The van der Waals surface area contributed by atoms with E-state index < -0.39 is 6.10 Å². The molecule has 1 fully saturated rings. The summed E-state index contributed by atoms with van der Waals surface area (Å²) in [5.41, 5.74) is 2.03. The number of ether oxygens (including phenoxy) is 3. The molecule has 0 spiro atoms. The number of benzene rings is 2. The van der Waals surface area contributed by atoms with Crippen molar-refractivity contribution >= 4 is 35.2 Å². The Labute approximate surface area is 260 Å². The molecule has 234 valence electrons. The van der Waals surface area contributed by atoms with Crippen molar-refractivity contribution < 1.29 is 28.6 Å². The van der Waals surface area contributed by atoms with Gasteiger partial charge in [0.2, 0.25) is 5.91 Å². The molecule has 1 unspecified atom stereocenters. The number of amides is 3. The van der Waals surface area contributed by atoms with Crippen LogP contribution in [0.5, 0.6) is 5.75 Å². The third-order valence-electron chi connectivity index (χ3n) is 7.76. The van der Waals surface area contributed by atoms with Crippen molar-refractivity contribution in [3.8, 4) is 5.75 Å². The van der Waals surface area contributed by atoms with Gasteiger partial charge in [-0.15, -0.1) is 0 Å². The normalized spacial score (nSPS) is 19.0. The number of halogens is 1. The third-order valence-corrected chi connectivity index (χ3v) is 7.99. The van der Waals surface area contributed by atoms with Gasteiger partial charge in [0.1, 0.15) is 18.4 Å². The number of nitrogens with zero attached hydrogens (tertiary/aromatic N) is 3. The molecule has 2 aromatic rings. The van der Waals surface area contributed by atoms with E-state index in [2.05, 4.69) is 20.8 Å². The molecule has 0 aliphatic carbocycles. The Kier molecular flexibility index (Phi) is 11.0. The number of carbonyl (C=O) groups excluding carboxylic acids is 3. The first-order valence-corrected chi connectivity index (χ1v) is 15.4. The van der Waals surface area contributed by atoms with E-state index in [1.54, 1.807) is 34.8 Å². The summed E-state index contributed by atoms with van der Waals surface area (Å²) >= 11 is 6.54. The lowest BCUT2D eigenvalue weighted by Gasteiger charge is -2.37. The fraction of sp³-hybridized carbons (Fsp3) is 0.545. The number of carbonyl (C=O) groups is 3.